The van der Waals surface area contributed by atoms with E-state index in [1.54, 1.807) is 24.3 Å². The molecule has 2 N–H and O–H groups in total. The van der Waals surface area contributed by atoms with E-state index in [4.69, 9.17) is 11.6 Å². The van der Waals surface area contributed by atoms with Crippen LogP contribution in [0, 0.1) is 0 Å². The average Bonchev–Trinajstić information content (AvgIpc) is 2.96. The second-order valence-electron chi connectivity index (χ2n) is 6.04. The topological polar surface area (TPSA) is 57.3 Å². The molecule has 1 unspecified atom stereocenters. The Morgan fingerprint density at radius 3 is 3.08 bits per heavy atom. The molecule has 0 spiro atoms. The number of amides is 2. The van der Waals surface area contributed by atoms with Gasteiger partial charge >= 0.3 is 6.03 Å². The summed E-state index contributed by atoms with van der Waals surface area (Å²) < 4.78 is 0. The first-order valence-electron chi connectivity index (χ1n) is 8.12. The van der Waals surface area contributed by atoms with E-state index in [9.17, 15) is 4.79 Å². The normalized spacial score (nSPS) is 18.3. The molecule has 24 heavy (non-hydrogen) atoms. The molecule has 0 bridgehead atoms. The van der Waals surface area contributed by atoms with Crippen LogP contribution < -0.4 is 10.6 Å². The van der Waals surface area contributed by atoms with Crippen molar-refractivity contribution < 1.29 is 4.79 Å². The monoisotopic (exact) mass is 364 g/mol. The molecule has 3 rings (SSSR count). The maximum Gasteiger partial charge on any atom is 0.325 e. The SMILES string of the molecule is CC1CCCCN1Cc1cnc(NC(=O)Nc2cccc(Cl)c2)s1. The number of aromatic nitrogens is 1. The van der Waals surface area contributed by atoms with E-state index in [-0.39, 0.29) is 6.03 Å². The number of anilines is 2. The summed E-state index contributed by atoms with van der Waals surface area (Å²) in [6.07, 6.45) is 5.68. The van der Waals surface area contributed by atoms with Gasteiger partial charge in [-0.15, -0.1) is 11.3 Å². The Bertz CT molecular complexity index is 705. The first-order chi connectivity index (χ1) is 11.6. The van der Waals surface area contributed by atoms with Gasteiger partial charge in [-0.05, 0) is 44.5 Å². The van der Waals surface area contributed by atoms with Gasteiger partial charge in [-0.25, -0.2) is 9.78 Å². The number of nitrogens with zero attached hydrogens (tertiary/aromatic N) is 2. The van der Waals surface area contributed by atoms with Crippen LogP contribution in [0.2, 0.25) is 5.02 Å². The molecule has 128 valence electrons. The zero-order valence-corrected chi connectivity index (χ0v) is 15.2. The van der Waals surface area contributed by atoms with Crippen LogP contribution in [0.15, 0.2) is 30.5 Å². The number of hydrogen-bond acceptors (Lipinski definition) is 4. The van der Waals surface area contributed by atoms with Gasteiger partial charge in [0.25, 0.3) is 0 Å². The molecule has 0 saturated carbocycles. The molecular formula is C17H21ClN4OS. The van der Waals surface area contributed by atoms with Crippen molar-refractivity contribution in [3.05, 3.63) is 40.4 Å². The summed E-state index contributed by atoms with van der Waals surface area (Å²) in [4.78, 5) is 20.0. The summed E-state index contributed by atoms with van der Waals surface area (Å²) in [5, 5.41) is 6.71. The number of carbonyl (C=O) groups is 1. The third-order valence-corrected chi connectivity index (χ3v) is 5.29. The average molecular weight is 365 g/mol. The van der Waals surface area contributed by atoms with Gasteiger partial charge in [0.2, 0.25) is 0 Å². The van der Waals surface area contributed by atoms with Gasteiger partial charge in [0, 0.05) is 34.4 Å². The highest BCUT2D eigenvalue weighted by Gasteiger charge is 2.19. The minimum atomic E-state index is -0.315. The van der Waals surface area contributed by atoms with E-state index in [0.29, 0.717) is 21.9 Å². The molecule has 1 aromatic heterocycles. The van der Waals surface area contributed by atoms with Gasteiger partial charge < -0.3 is 5.32 Å². The number of benzene rings is 1. The van der Waals surface area contributed by atoms with Crippen LogP contribution in [0.3, 0.4) is 0 Å². The Labute approximate surface area is 151 Å². The van der Waals surface area contributed by atoms with E-state index in [1.165, 1.54) is 35.5 Å². The Balaban J connectivity index is 1.54. The lowest BCUT2D eigenvalue weighted by Crippen LogP contribution is -2.36. The predicted molar refractivity (Wildman–Crippen MR) is 99.9 cm³/mol. The van der Waals surface area contributed by atoms with E-state index in [2.05, 4.69) is 27.4 Å². The van der Waals surface area contributed by atoms with Crippen LogP contribution in [0.5, 0.6) is 0 Å². The van der Waals surface area contributed by atoms with E-state index < -0.39 is 0 Å². The molecule has 1 fully saturated rings. The summed E-state index contributed by atoms with van der Waals surface area (Å²) >= 11 is 7.43. The highest BCUT2D eigenvalue weighted by molar-refractivity contribution is 7.15. The minimum Gasteiger partial charge on any atom is -0.308 e. The highest BCUT2D eigenvalue weighted by Crippen LogP contribution is 2.24. The fraction of sp³-hybridized carbons (Fsp3) is 0.412. The molecule has 7 heteroatoms. The molecule has 1 saturated heterocycles. The molecule has 2 amide bonds. The van der Waals surface area contributed by atoms with Gasteiger partial charge in [0.05, 0.1) is 0 Å². The van der Waals surface area contributed by atoms with Crippen molar-refractivity contribution in [1.82, 2.24) is 9.88 Å². The van der Waals surface area contributed by atoms with Crippen molar-refractivity contribution >= 4 is 39.8 Å². The van der Waals surface area contributed by atoms with Gasteiger partial charge in [0.15, 0.2) is 5.13 Å². The van der Waals surface area contributed by atoms with E-state index >= 15 is 0 Å². The van der Waals surface area contributed by atoms with Crippen molar-refractivity contribution in [1.29, 1.82) is 0 Å². The number of piperidine rings is 1. The summed E-state index contributed by atoms with van der Waals surface area (Å²) in [5.41, 5.74) is 0.652. The van der Waals surface area contributed by atoms with Crippen LogP contribution in [0.4, 0.5) is 15.6 Å². The van der Waals surface area contributed by atoms with Gasteiger partial charge in [-0.1, -0.05) is 24.1 Å². The summed E-state index contributed by atoms with van der Waals surface area (Å²) in [6.45, 7) is 4.31. The second kappa shape index (κ2) is 7.96. The minimum absolute atomic E-state index is 0.315. The summed E-state index contributed by atoms with van der Waals surface area (Å²) in [5.74, 6) is 0. The zero-order chi connectivity index (χ0) is 16.9. The van der Waals surface area contributed by atoms with Crippen LogP contribution >= 0.6 is 22.9 Å². The largest absolute Gasteiger partial charge is 0.325 e. The molecule has 0 radical (unpaired) electrons. The van der Waals surface area contributed by atoms with Crippen molar-refractivity contribution in [2.75, 3.05) is 17.2 Å². The number of nitrogens with one attached hydrogen (secondary N) is 2. The van der Waals surface area contributed by atoms with Crippen molar-refractivity contribution in [3.63, 3.8) is 0 Å². The lowest BCUT2D eigenvalue weighted by Gasteiger charge is -2.32. The van der Waals surface area contributed by atoms with Gasteiger partial charge in [0.1, 0.15) is 0 Å². The van der Waals surface area contributed by atoms with Gasteiger partial charge in [-0.3, -0.25) is 10.2 Å². The molecule has 1 aromatic carbocycles. The fourth-order valence-corrected chi connectivity index (χ4v) is 3.88. The number of hydrogen-bond donors (Lipinski definition) is 2. The zero-order valence-electron chi connectivity index (χ0n) is 13.6. The number of likely N-dealkylation sites (tertiary alicyclic amines) is 1. The van der Waals surface area contributed by atoms with Crippen LogP contribution in [0.1, 0.15) is 31.1 Å². The molecule has 5 nitrogen and oxygen atoms in total. The molecule has 1 atom stereocenters. The maximum absolute atomic E-state index is 12.0. The molecule has 1 aliphatic rings. The summed E-state index contributed by atoms with van der Waals surface area (Å²) in [7, 11) is 0. The second-order valence-corrected chi connectivity index (χ2v) is 7.59. The molecular weight excluding hydrogens is 344 g/mol. The third kappa shape index (κ3) is 4.69. The van der Waals surface area contributed by atoms with Crippen LogP contribution in [-0.2, 0) is 6.54 Å². The lowest BCUT2D eigenvalue weighted by molar-refractivity contribution is 0.154. The third-order valence-electron chi connectivity index (χ3n) is 4.16. The number of thiazole rings is 1. The van der Waals surface area contributed by atoms with Gasteiger partial charge in [-0.2, -0.15) is 0 Å². The molecule has 2 aromatic rings. The Morgan fingerprint density at radius 2 is 2.29 bits per heavy atom. The molecule has 2 heterocycles. The van der Waals surface area contributed by atoms with Crippen molar-refractivity contribution in [2.45, 2.75) is 38.8 Å². The first kappa shape index (κ1) is 17.2. The Hall–Kier alpha value is -1.63. The van der Waals surface area contributed by atoms with E-state index in [1.807, 2.05) is 6.20 Å². The molecule has 0 aliphatic carbocycles. The summed E-state index contributed by atoms with van der Waals surface area (Å²) in [6, 6.07) is 7.34. The first-order valence-corrected chi connectivity index (χ1v) is 9.32. The standard InChI is InChI=1S/C17H21ClN4OS/c1-12-5-2-3-8-22(12)11-15-10-19-17(24-15)21-16(23)20-14-7-4-6-13(18)9-14/h4,6-7,9-10,12H,2-3,5,8,11H2,1H3,(H2,19,20,21,23). The smallest absolute Gasteiger partial charge is 0.308 e. The maximum atomic E-state index is 12.0. The molecule has 1 aliphatic heterocycles. The van der Waals surface area contributed by atoms with Crippen LogP contribution in [0.25, 0.3) is 0 Å². The quantitative estimate of drug-likeness (QED) is 0.818. The number of rotatable bonds is 4. The highest BCUT2D eigenvalue weighted by atomic mass is 35.5. The fourth-order valence-electron chi connectivity index (χ4n) is 2.86. The number of carbonyl (C=O) groups excluding carboxylic acids is 1. The Morgan fingerprint density at radius 1 is 1.42 bits per heavy atom. The van der Waals surface area contributed by atoms with Crippen LogP contribution in [-0.4, -0.2) is 28.5 Å². The van der Waals surface area contributed by atoms with Crippen molar-refractivity contribution in [3.8, 4) is 0 Å². The van der Waals surface area contributed by atoms with Crippen molar-refractivity contribution in [2.24, 2.45) is 0 Å². The number of urea groups is 1. The Kier molecular flexibility index (Phi) is 5.71. The lowest BCUT2D eigenvalue weighted by atomic mass is 10.0. The number of halogens is 1. The predicted octanol–water partition coefficient (Wildman–Crippen LogP) is 4.81. The van der Waals surface area contributed by atoms with E-state index in [0.717, 1.165) is 13.1 Å².